The Bertz CT molecular complexity index is 1130. The molecule has 0 atom stereocenters. The van der Waals surface area contributed by atoms with Crippen LogP contribution in [0.3, 0.4) is 0 Å². The second-order valence-electron chi connectivity index (χ2n) is 7.70. The minimum Gasteiger partial charge on any atom is -0.297 e. The summed E-state index contributed by atoms with van der Waals surface area (Å²) in [5.41, 5.74) is 2.11. The summed E-state index contributed by atoms with van der Waals surface area (Å²) in [6.07, 6.45) is 4.26. The number of hydrogen-bond acceptors (Lipinski definition) is 6. The number of nitro benzene ring substituents is 1. The van der Waals surface area contributed by atoms with E-state index in [-0.39, 0.29) is 11.2 Å². The fourth-order valence-corrected chi connectivity index (χ4v) is 5.39. The molecule has 8 heteroatoms. The second-order valence-corrected chi connectivity index (χ2v) is 8.78. The van der Waals surface area contributed by atoms with Crippen molar-refractivity contribution < 1.29 is 4.92 Å². The van der Waals surface area contributed by atoms with E-state index >= 15 is 0 Å². The van der Waals surface area contributed by atoms with Gasteiger partial charge in [-0.3, -0.25) is 24.4 Å². The predicted molar refractivity (Wildman–Crippen MR) is 119 cm³/mol. The van der Waals surface area contributed by atoms with E-state index in [2.05, 4.69) is 18.7 Å². The SMILES string of the molecule is CCN(CC)Cc1nc2sc3c(c2c(=O)n1Cc1ccc([N+](=O)[O-])cc1)CCCC3. The molecular weight excluding hydrogens is 400 g/mol. The molecule has 0 amide bonds. The number of fused-ring (bicyclic) bond motifs is 3. The first-order valence-electron chi connectivity index (χ1n) is 10.5. The van der Waals surface area contributed by atoms with E-state index in [0.29, 0.717) is 13.1 Å². The highest BCUT2D eigenvalue weighted by molar-refractivity contribution is 7.18. The van der Waals surface area contributed by atoms with Gasteiger partial charge in [0.1, 0.15) is 10.7 Å². The smallest absolute Gasteiger partial charge is 0.269 e. The molecule has 158 valence electrons. The summed E-state index contributed by atoms with van der Waals surface area (Å²) in [5.74, 6) is 0.758. The number of nitrogens with zero attached hydrogens (tertiary/aromatic N) is 4. The number of thiophene rings is 1. The molecule has 3 aromatic rings. The lowest BCUT2D eigenvalue weighted by Gasteiger charge is -2.20. The standard InChI is InChI=1S/C22H26N4O3S/c1-3-24(4-2)14-19-23-21-20(17-7-5-6-8-18(17)30-21)22(27)25(19)13-15-9-11-16(12-10-15)26(28)29/h9-12H,3-8,13-14H2,1-2H3. The van der Waals surface area contributed by atoms with E-state index in [1.807, 2.05) is 0 Å². The van der Waals surface area contributed by atoms with Gasteiger partial charge in [0.2, 0.25) is 0 Å². The number of rotatable bonds is 7. The molecule has 4 rings (SSSR count). The van der Waals surface area contributed by atoms with Crippen LogP contribution in [0.15, 0.2) is 29.1 Å². The number of benzene rings is 1. The zero-order valence-electron chi connectivity index (χ0n) is 17.4. The molecule has 0 unspecified atom stereocenters. The van der Waals surface area contributed by atoms with Crippen LogP contribution in [0.1, 0.15) is 48.5 Å². The van der Waals surface area contributed by atoms with E-state index in [0.717, 1.165) is 54.0 Å². The lowest BCUT2D eigenvalue weighted by molar-refractivity contribution is -0.384. The molecule has 1 aliphatic carbocycles. The van der Waals surface area contributed by atoms with Crippen LogP contribution in [0, 0.1) is 10.1 Å². The van der Waals surface area contributed by atoms with Gasteiger partial charge in [0.25, 0.3) is 11.2 Å². The largest absolute Gasteiger partial charge is 0.297 e. The maximum atomic E-state index is 13.6. The number of hydrogen-bond donors (Lipinski definition) is 0. The van der Waals surface area contributed by atoms with E-state index in [1.165, 1.54) is 29.0 Å². The van der Waals surface area contributed by atoms with Crippen molar-refractivity contribution in [2.24, 2.45) is 0 Å². The van der Waals surface area contributed by atoms with Crippen LogP contribution in [0.5, 0.6) is 0 Å². The molecule has 0 aliphatic heterocycles. The molecule has 2 heterocycles. The fraction of sp³-hybridized carbons (Fsp3) is 0.455. The summed E-state index contributed by atoms with van der Waals surface area (Å²) in [7, 11) is 0. The zero-order valence-corrected chi connectivity index (χ0v) is 18.2. The minimum atomic E-state index is -0.410. The summed E-state index contributed by atoms with van der Waals surface area (Å²) in [6.45, 7) is 6.93. The van der Waals surface area contributed by atoms with E-state index in [1.54, 1.807) is 28.0 Å². The molecule has 1 aliphatic rings. The zero-order chi connectivity index (χ0) is 21.3. The molecule has 1 aromatic carbocycles. The van der Waals surface area contributed by atoms with Gasteiger partial charge in [0.05, 0.1) is 23.4 Å². The summed E-state index contributed by atoms with van der Waals surface area (Å²) in [5, 5.41) is 11.7. The third-order valence-electron chi connectivity index (χ3n) is 5.90. The molecule has 0 bridgehead atoms. The van der Waals surface area contributed by atoms with Crippen LogP contribution in [0.2, 0.25) is 0 Å². The van der Waals surface area contributed by atoms with Gasteiger partial charge < -0.3 is 0 Å². The van der Waals surface area contributed by atoms with Crippen molar-refractivity contribution in [1.82, 2.24) is 14.5 Å². The van der Waals surface area contributed by atoms with Crippen LogP contribution in [0.25, 0.3) is 10.2 Å². The first-order valence-corrected chi connectivity index (χ1v) is 11.3. The second kappa shape index (κ2) is 8.65. The predicted octanol–water partition coefficient (Wildman–Crippen LogP) is 4.14. The summed E-state index contributed by atoms with van der Waals surface area (Å²) in [6, 6.07) is 6.42. The third kappa shape index (κ3) is 3.89. The lowest BCUT2D eigenvalue weighted by Crippen LogP contribution is -2.31. The van der Waals surface area contributed by atoms with Gasteiger partial charge in [-0.1, -0.05) is 26.0 Å². The Morgan fingerprint density at radius 1 is 1.17 bits per heavy atom. The minimum absolute atomic E-state index is 0.0138. The van der Waals surface area contributed by atoms with E-state index in [9.17, 15) is 14.9 Å². The molecule has 0 radical (unpaired) electrons. The Hall–Kier alpha value is -2.58. The molecule has 2 aromatic heterocycles. The van der Waals surface area contributed by atoms with Crippen LogP contribution in [-0.4, -0.2) is 32.5 Å². The molecule has 0 saturated carbocycles. The molecular formula is C22H26N4O3S. The Kier molecular flexibility index (Phi) is 5.97. The summed E-state index contributed by atoms with van der Waals surface area (Å²) in [4.78, 5) is 33.5. The normalized spacial score (nSPS) is 13.7. The van der Waals surface area contributed by atoms with Crippen molar-refractivity contribution in [3.63, 3.8) is 0 Å². The number of non-ortho nitro benzene ring substituents is 1. The van der Waals surface area contributed by atoms with Crippen molar-refractivity contribution in [3.05, 3.63) is 66.6 Å². The maximum Gasteiger partial charge on any atom is 0.269 e. The Balaban J connectivity index is 1.82. The highest BCUT2D eigenvalue weighted by Crippen LogP contribution is 2.34. The average Bonchev–Trinajstić information content (AvgIpc) is 3.13. The van der Waals surface area contributed by atoms with Crippen molar-refractivity contribution in [3.8, 4) is 0 Å². The van der Waals surface area contributed by atoms with Crippen molar-refractivity contribution >= 4 is 27.2 Å². The van der Waals surface area contributed by atoms with Gasteiger partial charge in [-0.05, 0) is 49.9 Å². The quantitative estimate of drug-likeness (QED) is 0.419. The summed E-state index contributed by atoms with van der Waals surface area (Å²) >= 11 is 1.67. The van der Waals surface area contributed by atoms with Gasteiger partial charge in [-0.2, -0.15) is 0 Å². The lowest BCUT2D eigenvalue weighted by atomic mass is 9.97. The fourth-order valence-electron chi connectivity index (χ4n) is 4.12. The van der Waals surface area contributed by atoms with Gasteiger partial charge in [0.15, 0.2) is 0 Å². The van der Waals surface area contributed by atoms with Crippen molar-refractivity contribution in [2.75, 3.05) is 13.1 Å². The van der Waals surface area contributed by atoms with Gasteiger partial charge in [-0.15, -0.1) is 11.3 Å². The molecule has 0 fully saturated rings. The van der Waals surface area contributed by atoms with Crippen molar-refractivity contribution in [1.29, 1.82) is 0 Å². The van der Waals surface area contributed by atoms with Crippen LogP contribution >= 0.6 is 11.3 Å². The Morgan fingerprint density at radius 2 is 1.87 bits per heavy atom. The van der Waals surface area contributed by atoms with Crippen LogP contribution in [-0.2, 0) is 25.9 Å². The van der Waals surface area contributed by atoms with Gasteiger partial charge in [-0.25, -0.2) is 4.98 Å². The monoisotopic (exact) mass is 426 g/mol. The van der Waals surface area contributed by atoms with E-state index < -0.39 is 4.92 Å². The highest BCUT2D eigenvalue weighted by Gasteiger charge is 2.22. The average molecular weight is 427 g/mol. The first-order chi connectivity index (χ1) is 14.5. The third-order valence-corrected chi connectivity index (χ3v) is 7.09. The van der Waals surface area contributed by atoms with Gasteiger partial charge in [0, 0.05) is 17.0 Å². The number of aromatic nitrogens is 2. The van der Waals surface area contributed by atoms with Gasteiger partial charge >= 0.3 is 0 Å². The highest BCUT2D eigenvalue weighted by atomic mass is 32.1. The molecule has 7 nitrogen and oxygen atoms in total. The topological polar surface area (TPSA) is 81.3 Å². The Morgan fingerprint density at radius 3 is 2.53 bits per heavy atom. The first kappa shape index (κ1) is 20.7. The van der Waals surface area contributed by atoms with E-state index in [4.69, 9.17) is 4.98 Å². The maximum absolute atomic E-state index is 13.6. The molecule has 0 saturated heterocycles. The summed E-state index contributed by atoms with van der Waals surface area (Å²) < 4.78 is 1.77. The number of aryl methyl sites for hydroxylation is 2. The Labute approximate surface area is 179 Å². The molecule has 0 spiro atoms. The molecule has 0 N–H and O–H groups in total. The van der Waals surface area contributed by atoms with Crippen LogP contribution < -0.4 is 5.56 Å². The number of nitro groups is 1. The van der Waals surface area contributed by atoms with Crippen molar-refractivity contribution in [2.45, 2.75) is 52.6 Å². The van der Waals surface area contributed by atoms with Crippen LogP contribution in [0.4, 0.5) is 5.69 Å². The molecule has 30 heavy (non-hydrogen) atoms.